The molecule has 7 heteroatoms. The van der Waals surface area contributed by atoms with Gasteiger partial charge in [-0.25, -0.2) is 8.42 Å². The molecule has 0 saturated carbocycles. The Labute approximate surface area is 118 Å². The van der Waals surface area contributed by atoms with E-state index in [0.29, 0.717) is 19.5 Å². The molecule has 0 aliphatic carbocycles. The predicted octanol–water partition coefficient (Wildman–Crippen LogP) is 0.318. The third kappa shape index (κ3) is 2.34. The number of amides is 1. The second-order valence-electron chi connectivity index (χ2n) is 5.87. The Balaban J connectivity index is 1.61. The maximum Gasteiger partial charge on any atom is 0.226 e. The summed E-state index contributed by atoms with van der Waals surface area (Å²) in [7, 11) is -2.99. The minimum atomic E-state index is -2.99. The van der Waals surface area contributed by atoms with Gasteiger partial charge in [0.05, 0.1) is 29.2 Å². The van der Waals surface area contributed by atoms with E-state index in [1.807, 2.05) is 24.6 Å². The highest BCUT2D eigenvalue weighted by molar-refractivity contribution is 7.91. The van der Waals surface area contributed by atoms with Gasteiger partial charge in [0, 0.05) is 18.8 Å². The molecule has 1 amide bonds. The standard InChI is InChI=1S/C13H19N3O3S/c1-9-5-10(2)16(14-9)12-6-15(7-12)13(17)11-3-4-20(18,19)8-11/h5,11-12H,3-4,6-8H2,1-2H3/t11-/m1/s1. The smallest absolute Gasteiger partial charge is 0.226 e. The highest BCUT2D eigenvalue weighted by Crippen LogP contribution is 2.28. The molecule has 3 rings (SSSR count). The van der Waals surface area contributed by atoms with Crippen LogP contribution in [0, 0.1) is 19.8 Å². The van der Waals surface area contributed by atoms with Crippen LogP contribution in [0.15, 0.2) is 6.07 Å². The molecule has 0 N–H and O–H groups in total. The molecule has 2 fully saturated rings. The van der Waals surface area contributed by atoms with E-state index in [4.69, 9.17) is 0 Å². The minimum Gasteiger partial charge on any atom is -0.338 e. The first-order valence-corrected chi connectivity index (χ1v) is 8.70. The molecule has 1 aromatic heterocycles. The van der Waals surface area contributed by atoms with Gasteiger partial charge in [-0.3, -0.25) is 9.48 Å². The number of sulfone groups is 1. The monoisotopic (exact) mass is 297 g/mol. The maximum absolute atomic E-state index is 12.2. The molecule has 2 aliphatic rings. The molecule has 20 heavy (non-hydrogen) atoms. The van der Waals surface area contributed by atoms with Crippen LogP contribution in [-0.4, -0.2) is 53.6 Å². The Morgan fingerprint density at radius 3 is 2.55 bits per heavy atom. The van der Waals surface area contributed by atoms with Crippen LogP contribution < -0.4 is 0 Å². The van der Waals surface area contributed by atoms with E-state index in [1.165, 1.54) is 0 Å². The number of carbonyl (C=O) groups is 1. The molecule has 0 radical (unpaired) electrons. The molecule has 110 valence electrons. The summed E-state index contributed by atoms with van der Waals surface area (Å²) in [5, 5.41) is 4.43. The zero-order chi connectivity index (χ0) is 14.5. The molecule has 2 aliphatic heterocycles. The number of hydrogen-bond acceptors (Lipinski definition) is 4. The summed E-state index contributed by atoms with van der Waals surface area (Å²) in [6, 6.07) is 2.25. The summed E-state index contributed by atoms with van der Waals surface area (Å²) in [6.07, 6.45) is 0.474. The fraction of sp³-hybridized carbons (Fsp3) is 0.692. The Morgan fingerprint density at radius 1 is 1.35 bits per heavy atom. The lowest BCUT2D eigenvalue weighted by Crippen LogP contribution is -2.53. The van der Waals surface area contributed by atoms with E-state index < -0.39 is 9.84 Å². The third-order valence-electron chi connectivity index (χ3n) is 4.15. The van der Waals surface area contributed by atoms with Crippen molar-refractivity contribution in [1.29, 1.82) is 0 Å². The van der Waals surface area contributed by atoms with Crippen molar-refractivity contribution >= 4 is 15.7 Å². The first kappa shape index (κ1) is 13.6. The van der Waals surface area contributed by atoms with Gasteiger partial charge in [-0.1, -0.05) is 0 Å². The Kier molecular flexibility index (Phi) is 3.12. The molecule has 0 bridgehead atoms. The Morgan fingerprint density at radius 2 is 2.05 bits per heavy atom. The SMILES string of the molecule is Cc1cc(C)n(C2CN(C(=O)[C@@H]3CCS(=O)(=O)C3)C2)n1. The van der Waals surface area contributed by atoms with Gasteiger partial charge < -0.3 is 4.90 Å². The first-order chi connectivity index (χ1) is 9.35. The molecule has 1 atom stereocenters. The van der Waals surface area contributed by atoms with Crippen molar-refractivity contribution in [2.45, 2.75) is 26.3 Å². The second-order valence-corrected chi connectivity index (χ2v) is 8.10. The van der Waals surface area contributed by atoms with Gasteiger partial charge in [-0.15, -0.1) is 0 Å². The zero-order valence-corrected chi connectivity index (χ0v) is 12.6. The number of aromatic nitrogens is 2. The lowest BCUT2D eigenvalue weighted by Gasteiger charge is -2.40. The molecular weight excluding hydrogens is 278 g/mol. The largest absolute Gasteiger partial charge is 0.338 e. The number of nitrogens with zero attached hydrogens (tertiary/aromatic N) is 3. The van der Waals surface area contributed by atoms with Crippen molar-refractivity contribution in [3.05, 3.63) is 17.5 Å². The fourth-order valence-corrected chi connectivity index (χ4v) is 4.79. The number of likely N-dealkylation sites (tertiary alicyclic amines) is 1. The normalized spacial score (nSPS) is 25.7. The van der Waals surface area contributed by atoms with Crippen molar-refractivity contribution in [2.24, 2.45) is 5.92 Å². The van der Waals surface area contributed by atoms with Crippen LogP contribution in [0.2, 0.25) is 0 Å². The van der Waals surface area contributed by atoms with E-state index in [-0.39, 0.29) is 29.4 Å². The van der Waals surface area contributed by atoms with Gasteiger partial charge in [-0.2, -0.15) is 5.10 Å². The quantitative estimate of drug-likeness (QED) is 0.788. The van der Waals surface area contributed by atoms with E-state index >= 15 is 0 Å². The maximum atomic E-state index is 12.2. The summed E-state index contributed by atoms with van der Waals surface area (Å²) in [4.78, 5) is 14.0. The van der Waals surface area contributed by atoms with E-state index in [9.17, 15) is 13.2 Å². The minimum absolute atomic E-state index is 0.0103. The summed E-state index contributed by atoms with van der Waals surface area (Å²) in [6.45, 7) is 5.23. The average Bonchev–Trinajstić information content (AvgIpc) is 2.80. The van der Waals surface area contributed by atoms with Gasteiger partial charge in [-0.05, 0) is 26.3 Å². The van der Waals surface area contributed by atoms with Crippen LogP contribution in [-0.2, 0) is 14.6 Å². The van der Waals surface area contributed by atoms with Crippen molar-refractivity contribution in [3.63, 3.8) is 0 Å². The summed E-state index contributed by atoms with van der Waals surface area (Å²) in [5.41, 5.74) is 2.08. The molecule has 0 unspecified atom stereocenters. The topological polar surface area (TPSA) is 72.3 Å². The van der Waals surface area contributed by atoms with Gasteiger partial charge in [0.15, 0.2) is 9.84 Å². The Hall–Kier alpha value is -1.37. The molecule has 2 saturated heterocycles. The summed E-state index contributed by atoms with van der Waals surface area (Å²) >= 11 is 0. The van der Waals surface area contributed by atoms with Gasteiger partial charge >= 0.3 is 0 Å². The van der Waals surface area contributed by atoms with Gasteiger partial charge in [0.25, 0.3) is 0 Å². The van der Waals surface area contributed by atoms with E-state index in [2.05, 4.69) is 5.10 Å². The molecular formula is C13H19N3O3S. The molecule has 0 spiro atoms. The molecule has 0 aromatic carbocycles. The fourth-order valence-electron chi connectivity index (χ4n) is 3.05. The zero-order valence-electron chi connectivity index (χ0n) is 11.7. The van der Waals surface area contributed by atoms with Gasteiger partial charge in [0.2, 0.25) is 5.91 Å². The molecule has 6 nitrogen and oxygen atoms in total. The number of hydrogen-bond donors (Lipinski definition) is 0. The highest BCUT2D eigenvalue weighted by atomic mass is 32.2. The van der Waals surface area contributed by atoms with Crippen LogP contribution >= 0.6 is 0 Å². The predicted molar refractivity (Wildman–Crippen MR) is 74.1 cm³/mol. The highest BCUT2D eigenvalue weighted by Gasteiger charge is 2.40. The van der Waals surface area contributed by atoms with Crippen molar-refractivity contribution in [2.75, 3.05) is 24.6 Å². The lowest BCUT2D eigenvalue weighted by atomic mass is 10.0. The van der Waals surface area contributed by atoms with Crippen LogP contribution in [0.1, 0.15) is 23.9 Å². The van der Waals surface area contributed by atoms with Crippen molar-refractivity contribution in [1.82, 2.24) is 14.7 Å². The number of rotatable bonds is 2. The molecule has 1 aromatic rings. The van der Waals surface area contributed by atoms with Crippen molar-refractivity contribution < 1.29 is 13.2 Å². The van der Waals surface area contributed by atoms with Crippen LogP contribution in [0.5, 0.6) is 0 Å². The van der Waals surface area contributed by atoms with E-state index in [0.717, 1.165) is 11.4 Å². The van der Waals surface area contributed by atoms with Gasteiger partial charge in [0.1, 0.15) is 0 Å². The summed E-state index contributed by atoms with van der Waals surface area (Å²) < 4.78 is 24.8. The van der Waals surface area contributed by atoms with Crippen LogP contribution in [0.3, 0.4) is 0 Å². The third-order valence-corrected chi connectivity index (χ3v) is 5.91. The van der Waals surface area contributed by atoms with E-state index in [1.54, 1.807) is 4.90 Å². The summed E-state index contributed by atoms with van der Waals surface area (Å²) in [5.74, 6) is -0.171. The lowest BCUT2D eigenvalue weighted by molar-refractivity contribution is -0.140. The average molecular weight is 297 g/mol. The molecule has 3 heterocycles. The second kappa shape index (κ2) is 4.58. The number of aryl methyl sites for hydroxylation is 2. The van der Waals surface area contributed by atoms with Crippen LogP contribution in [0.25, 0.3) is 0 Å². The number of carbonyl (C=O) groups excluding carboxylic acids is 1. The first-order valence-electron chi connectivity index (χ1n) is 6.88. The Bertz CT molecular complexity index is 644. The van der Waals surface area contributed by atoms with Crippen molar-refractivity contribution in [3.8, 4) is 0 Å². The van der Waals surface area contributed by atoms with Crippen LogP contribution in [0.4, 0.5) is 0 Å².